The summed E-state index contributed by atoms with van der Waals surface area (Å²) < 4.78 is 42.9. The molecule has 2 nitrogen and oxygen atoms in total. The van der Waals surface area contributed by atoms with Gasteiger partial charge in [-0.2, -0.15) is 13.2 Å². The van der Waals surface area contributed by atoms with E-state index < -0.39 is 11.7 Å². The summed E-state index contributed by atoms with van der Waals surface area (Å²) in [6, 6.07) is 3.52. The predicted octanol–water partition coefficient (Wildman–Crippen LogP) is 4.30. The molecule has 0 bridgehead atoms. The van der Waals surface area contributed by atoms with Crippen LogP contribution >= 0.6 is 15.9 Å². The van der Waals surface area contributed by atoms with Crippen LogP contribution in [-0.4, -0.2) is 19.3 Å². The molecule has 102 valence electrons. The molecule has 0 radical (unpaired) electrons. The maximum Gasteiger partial charge on any atom is 0.416 e. The van der Waals surface area contributed by atoms with Crippen LogP contribution in [0.3, 0.4) is 0 Å². The Balaban J connectivity index is 2.93. The zero-order valence-corrected chi connectivity index (χ0v) is 11.9. The van der Waals surface area contributed by atoms with Gasteiger partial charge in [0.1, 0.15) is 0 Å². The van der Waals surface area contributed by atoms with E-state index in [9.17, 15) is 13.2 Å². The van der Waals surface area contributed by atoms with Crippen LogP contribution < -0.4 is 5.32 Å². The Morgan fingerprint density at radius 1 is 1.28 bits per heavy atom. The number of anilines is 1. The van der Waals surface area contributed by atoms with Crippen molar-refractivity contribution in [2.45, 2.75) is 25.6 Å². The van der Waals surface area contributed by atoms with Gasteiger partial charge in [0.2, 0.25) is 0 Å². The van der Waals surface area contributed by atoms with E-state index in [1.807, 2.05) is 13.8 Å². The van der Waals surface area contributed by atoms with Crippen molar-refractivity contribution in [3.05, 3.63) is 28.2 Å². The summed E-state index contributed by atoms with van der Waals surface area (Å²) in [5.74, 6) is 0. The third-order valence-electron chi connectivity index (χ3n) is 2.27. The van der Waals surface area contributed by atoms with Gasteiger partial charge in [0.05, 0.1) is 17.7 Å². The summed E-state index contributed by atoms with van der Waals surface area (Å²) in [5.41, 5.74) is -0.439. The number of hydrogen-bond donors (Lipinski definition) is 1. The third-order valence-corrected chi connectivity index (χ3v) is 2.93. The Hall–Kier alpha value is -0.750. The molecule has 0 atom stereocenters. The minimum absolute atomic E-state index is 0.364. The molecular weight excluding hydrogens is 311 g/mol. The molecule has 18 heavy (non-hydrogen) atoms. The van der Waals surface area contributed by atoms with Crippen LogP contribution in [0, 0.1) is 0 Å². The van der Waals surface area contributed by atoms with Crippen molar-refractivity contribution in [1.82, 2.24) is 0 Å². The van der Waals surface area contributed by atoms with E-state index in [1.54, 1.807) is 7.11 Å². The van der Waals surface area contributed by atoms with Gasteiger partial charge in [-0.3, -0.25) is 0 Å². The maximum atomic E-state index is 12.5. The highest BCUT2D eigenvalue weighted by molar-refractivity contribution is 9.10. The first kappa shape index (κ1) is 15.3. The summed E-state index contributed by atoms with van der Waals surface area (Å²) in [5, 5.41) is 3.13. The van der Waals surface area contributed by atoms with Crippen LogP contribution in [0.15, 0.2) is 22.7 Å². The Kier molecular flexibility index (Phi) is 4.66. The van der Waals surface area contributed by atoms with Gasteiger partial charge < -0.3 is 10.1 Å². The van der Waals surface area contributed by atoms with Crippen molar-refractivity contribution in [3.63, 3.8) is 0 Å². The summed E-state index contributed by atoms with van der Waals surface area (Å²) in [6.07, 6.45) is -4.33. The molecule has 1 N–H and O–H groups in total. The molecule has 0 aliphatic heterocycles. The number of methoxy groups -OCH3 is 1. The molecule has 0 aliphatic rings. The Morgan fingerprint density at radius 2 is 1.89 bits per heavy atom. The molecule has 0 unspecified atom stereocenters. The highest BCUT2D eigenvalue weighted by Crippen LogP contribution is 2.34. The third kappa shape index (κ3) is 4.17. The smallest absolute Gasteiger partial charge is 0.382 e. The first-order valence-electron chi connectivity index (χ1n) is 5.29. The lowest BCUT2D eigenvalue weighted by molar-refractivity contribution is -0.137. The molecule has 1 aromatic rings. The van der Waals surface area contributed by atoms with E-state index in [0.29, 0.717) is 16.8 Å². The van der Waals surface area contributed by atoms with Gasteiger partial charge in [-0.15, -0.1) is 0 Å². The number of rotatable bonds is 4. The van der Waals surface area contributed by atoms with E-state index >= 15 is 0 Å². The molecule has 1 aromatic carbocycles. The topological polar surface area (TPSA) is 21.3 Å². The maximum absolute atomic E-state index is 12.5. The molecule has 0 saturated carbocycles. The zero-order chi connectivity index (χ0) is 14.0. The van der Waals surface area contributed by atoms with Crippen molar-refractivity contribution in [3.8, 4) is 0 Å². The number of alkyl halides is 3. The summed E-state index contributed by atoms with van der Waals surface area (Å²) in [4.78, 5) is 0. The van der Waals surface area contributed by atoms with Crippen LogP contribution in [0.2, 0.25) is 0 Å². The first-order chi connectivity index (χ1) is 8.15. The van der Waals surface area contributed by atoms with E-state index in [0.717, 1.165) is 12.1 Å². The second-order valence-corrected chi connectivity index (χ2v) is 5.49. The average Bonchev–Trinajstić information content (AvgIpc) is 2.19. The Bertz CT molecular complexity index is 418. The molecular formula is C12H15BrF3NO. The van der Waals surface area contributed by atoms with Crippen molar-refractivity contribution in [2.24, 2.45) is 0 Å². The summed E-state index contributed by atoms with van der Waals surface area (Å²) in [7, 11) is 1.57. The molecule has 0 saturated heterocycles. The fourth-order valence-electron chi connectivity index (χ4n) is 1.55. The predicted molar refractivity (Wildman–Crippen MR) is 68.7 cm³/mol. The second kappa shape index (κ2) is 5.48. The van der Waals surface area contributed by atoms with Crippen molar-refractivity contribution in [2.75, 3.05) is 19.0 Å². The highest BCUT2D eigenvalue weighted by atomic mass is 79.9. The average molecular weight is 326 g/mol. The van der Waals surface area contributed by atoms with Crippen LogP contribution in [-0.2, 0) is 10.9 Å². The van der Waals surface area contributed by atoms with Gasteiger partial charge in [-0.05, 0) is 48.0 Å². The van der Waals surface area contributed by atoms with Gasteiger partial charge in [-0.25, -0.2) is 0 Å². The summed E-state index contributed by atoms with van der Waals surface area (Å²) >= 11 is 3.14. The lowest BCUT2D eigenvalue weighted by Gasteiger charge is -2.27. The molecule has 0 aliphatic carbocycles. The van der Waals surface area contributed by atoms with Crippen LogP contribution in [0.4, 0.5) is 18.9 Å². The van der Waals surface area contributed by atoms with Crippen LogP contribution in [0.5, 0.6) is 0 Å². The van der Waals surface area contributed by atoms with Crippen LogP contribution in [0.25, 0.3) is 0 Å². The van der Waals surface area contributed by atoms with Crippen molar-refractivity contribution < 1.29 is 17.9 Å². The Labute approximate surface area is 113 Å². The largest absolute Gasteiger partial charge is 0.416 e. The molecule has 0 spiro atoms. The van der Waals surface area contributed by atoms with E-state index in [1.165, 1.54) is 6.07 Å². The van der Waals surface area contributed by atoms with Gasteiger partial charge >= 0.3 is 6.18 Å². The minimum Gasteiger partial charge on any atom is -0.382 e. The monoisotopic (exact) mass is 325 g/mol. The molecule has 1 rings (SSSR count). The fraction of sp³-hybridized carbons (Fsp3) is 0.500. The van der Waals surface area contributed by atoms with Crippen molar-refractivity contribution >= 4 is 21.6 Å². The molecule has 6 heteroatoms. The standard InChI is InChI=1S/C12H15BrF3NO/c1-11(2,7-18-3)17-10-5-4-8(6-9(10)13)12(14,15)16/h4-6,17H,7H2,1-3H3. The van der Waals surface area contributed by atoms with Gasteiger partial charge in [-0.1, -0.05) is 0 Å². The van der Waals surface area contributed by atoms with E-state index in [-0.39, 0.29) is 5.54 Å². The normalized spacial score (nSPS) is 12.6. The van der Waals surface area contributed by atoms with Crippen LogP contribution in [0.1, 0.15) is 19.4 Å². The van der Waals surface area contributed by atoms with Crippen molar-refractivity contribution in [1.29, 1.82) is 0 Å². The highest BCUT2D eigenvalue weighted by Gasteiger charge is 2.31. The summed E-state index contributed by atoms with van der Waals surface area (Å²) in [6.45, 7) is 4.25. The van der Waals surface area contributed by atoms with E-state index in [4.69, 9.17) is 4.74 Å². The lowest BCUT2D eigenvalue weighted by Crippen LogP contribution is -2.36. The van der Waals surface area contributed by atoms with E-state index in [2.05, 4.69) is 21.2 Å². The number of nitrogens with one attached hydrogen (secondary N) is 1. The molecule has 0 amide bonds. The quantitative estimate of drug-likeness (QED) is 0.890. The number of hydrogen-bond acceptors (Lipinski definition) is 2. The van der Waals surface area contributed by atoms with Gasteiger partial charge in [0.25, 0.3) is 0 Å². The molecule has 0 heterocycles. The zero-order valence-electron chi connectivity index (χ0n) is 10.4. The van der Waals surface area contributed by atoms with Gasteiger partial charge in [0.15, 0.2) is 0 Å². The minimum atomic E-state index is -4.33. The Morgan fingerprint density at radius 3 is 2.33 bits per heavy atom. The first-order valence-corrected chi connectivity index (χ1v) is 6.09. The number of benzene rings is 1. The van der Waals surface area contributed by atoms with Gasteiger partial charge in [0, 0.05) is 17.3 Å². The SMILES string of the molecule is COCC(C)(C)Nc1ccc(C(F)(F)F)cc1Br. The fourth-order valence-corrected chi connectivity index (χ4v) is 2.03. The molecule has 0 aromatic heterocycles. The number of halogens is 4. The number of ether oxygens (including phenoxy) is 1. The molecule has 0 fully saturated rings. The second-order valence-electron chi connectivity index (χ2n) is 4.63. The lowest BCUT2D eigenvalue weighted by atomic mass is 10.1.